The van der Waals surface area contributed by atoms with Gasteiger partial charge in [0.1, 0.15) is 9.47 Å². The van der Waals surface area contributed by atoms with Gasteiger partial charge in [0.2, 0.25) is 0 Å². The predicted octanol–water partition coefficient (Wildman–Crippen LogP) is 3.05. The summed E-state index contributed by atoms with van der Waals surface area (Å²) in [7, 11) is 0. The number of hydrogen-bond donors (Lipinski definition) is 0. The lowest BCUT2D eigenvalue weighted by Gasteiger charge is -2.03. The van der Waals surface area contributed by atoms with E-state index < -0.39 is 0 Å². The van der Waals surface area contributed by atoms with Gasteiger partial charge in [-0.05, 0) is 17.9 Å². The minimum Gasteiger partial charge on any atom is -0.322 e. The molecule has 0 saturated carbocycles. The number of aromatic nitrogens is 2. The van der Waals surface area contributed by atoms with E-state index in [-0.39, 0.29) is 0 Å². The molecular formula is C10H9N3S2. The summed E-state index contributed by atoms with van der Waals surface area (Å²) >= 11 is 6.97. The fourth-order valence-corrected chi connectivity index (χ4v) is 2.78. The predicted molar refractivity (Wildman–Crippen MR) is 63.4 cm³/mol. The summed E-state index contributed by atoms with van der Waals surface area (Å²) in [6.45, 7) is 2.65. The Morgan fingerprint density at radius 2 is 2.47 bits per heavy atom. The maximum absolute atomic E-state index is 8.53. The zero-order chi connectivity index (χ0) is 10.8. The van der Waals surface area contributed by atoms with Gasteiger partial charge in [0.25, 0.3) is 0 Å². The first-order valence-corrected chi connectivity index (χ1v) is 5.83. The van der Waals surface area contributed by atoms with Gasteiger partial charge < -0.3 is 4.57 Å². The van der Waals surface area contributed by atoms with Crippen molar-refractivity contribution in [2.75, 3.05) is 0 Å². The van der Waals surface area contributed by atoms with E-state index in [0.29, 0.717) is 13.0 Å². The zero-order valence-electron chi connectivity index (χ0n) is 8.23. The molecule has 2 aromatic rings. The second-order valence-electron chi connectivity index (χ2n) is 3.25. The van der Waals surface area contributed by atoms with Crippen molar-refractivity contribution in [3.8, 4) is 6.07 Å². The fourth-order valence-electron chi connectivity index (χ4n) is 1.43. The van der Waals surface area contributed by atoms with Gasteiger partial charge in [-0.3, -0.25) is 0 Å². The molecule has 2 heterocycles. The second-order valence-corrected chi connectivity index (χ2v) is 4.49. The Balaban J connectivity index is 2.60. The van der Waals surface area contributed by atoms with Crippen LogP contribution in [0.15, 0.2) is 11.7 Å². The van der Waals surface area contributed by atoms with Crippen LogP contribution in [0.1, 0.15) is 12.0 Å². The van der Waals surface area contributed by atoms with Crippen molar-refractivity contribution in [2.24, 2.45) is 0 Å². The summed E-state index contributed by atoms with van der Waals surface area (Å²) in [4.78, 5) is 5.30. The van der Waals surface area contributed by atoms with Crippen molar-refractivity contribution < 1.29 is 0 Å². The van der Waals surface area contributed by atoms with Gasteiger partial charge in [-0.25, -0.2) is 4.98 Å². The molecule has 0 atom stereocenters. The average Bonchev–Trinajstić information content (AvgIpc) is 2.60. The Bertz CT molecular complexity index is 589. The molecule has 76 valence electrons. The number of nitriles is 1. The number of thiophene rings is 1. The first-order chi connectivity index (χ1) is 7.24. The van der Waals surface area contributed by atoms with Gasteiger partial charge in [0.15, 0.2) is 0 Å². The number of aryl methyl sites for hydroxylation is 2. The Kier molecular flexibility index (Phi) is 2.80. The van der Waals surface area contributed by atoms with Crippen molar-refractivity contribution in [3.63, 3.8) is 0 Å². The molecule has 0 fully saturated rings. The van der Waals surface area contributed by atoms with Crippen LogP contribution in [-0.2, 0) is 6.54 Å². The SMILES string of the molecule is Cc1csc2ncn(CCC#N)c(=S)c12. The molecule has 0 aliphatic heterocycles. The molecule has 2 aromatic heterocycles. The number of hydrogen-bond acceptors (Lipinski definition) is 4. The van der Waals surface area contributed by atoms with E-state index >= 15 is 0 Å². The van der Waals surface area contributed by atoms with Crippen LogP contribution in [0.4, 0.5) is 0 Å². The Morgan fingerprint density at radius 1 is 1.67 bits per heavy atom. The van der Waals surface area contributed by atoms with Crippen molar-refractivity contribution in [2.45, 2.75) is 19.9 Å². The van der Waals surface area contributed by atoms with Crippen LogP contribution in [0, 0.1) is 22.9 Å². The van der Waals surface area contributed by atoms with Crippen molar-refractivity contribution >= 4 is 33.8 Å². The number of nitrogens with zero attached hydrogens (tertiary/aromatic N) is 3. The van der Waals surface area contributed by atoms with Gasteiger partial charge in [-0.15, -0.1) is 11.3 Å². The highest BCUT2D eigenvalue weighted by Crippen LogP contribution is 2.24. The lowest BCUT2D eigenvalue weighted by Crippen LogP contribution is -2.00. The molecule has 3 nitrogen and oxygen atoms in total. The smallest absolute Gasteiger partial charge is 0.128 e. The van der Waals surface area contributed by atoms with Crippen LogP contribution in [0.2, 0.25) is 0 Å². The molecule has 0 radical (unpaired) electrons. The van der Waals surface area contributed by atoms with E-state index in [0.717, 1.165) is 14.9 Å². The Morgan fingerprint density at radius 3 is 3.20 bits per heavy atom. The molecule has 0 unspecified atom stereocenters. The van der Waals surface area contributed by atoms with Crippen LogP contribution in [0.3, 0.4) is 0 Å². The molecule has 0 spiro atoms. The second kappa shape index (κ2) is 4.09. The third-order valence-corrected chi connectivity index (χ3v) is 3.65. The molecule has 5 heteroatoms. The standard InChI is InChI=1S/C10H9N3S2/c1-7-5-15-9-8(7)10(14)13(6-12-9)4-2-3-11/h5-6H,2,4H2,1H3. The Labute approximate surface area is 96.6 Å². The maximum atomic E-state index is 8.53. The van der Waals surface area contributed by atoms with Crippen molar-refractivity contribution in [3.05, 3.63) is 21.9 Å². The van der Waals surface area contributed by atoms with Crippen LogP contribution >= 0.6 is 23.6 Å². The zero-order valence-corrected chi connectivity index (χ0v) is 9.86. The average molecular weight is 235 g/mol. The quantitative estimate of drug-likeness (QED) is 0.751. The highest BCUT2D eigenvalue weighted by Gasteiger charge is 2.05. The highest BCUT2D eigenvalue weighted by atomic mass is 32.1. The van der Waals surface area contributed by atoms with Crippen LogP contribution < -0.4 is 0 Å². The topological polar surface area (TPSA) is 41.6 Å². The molecule has 2 rings (SSSR count). The third kappa shape index (κ3) is 1.78. The minimum atomic E-state index is 0.463. The summed E-state index contributed by atoms with van der Waals surface area (Å²) in [6, 6.07) is 2.11. The normalized spacial score (nSPS) is 10.4. The van der Waals surface area contributed by atoms with E-state index in [1.807, 2.05) is 11.5 Å². The summed E-state index contributed by atoms with van der Waals surface area (Å²) < 4.78 is 2.65. The molecule has 0 aliphatic carbocycles. The molecule has 0 saturated heterocycles. The van der Waals surface area contributed by atoms with E-state index in [1.165, 1.54) is 5.56 Å². The van der Waals surface area contributed by atoms with Crippen LogP contribution in [-0.4, -0.2) is 9.55 Å². The van der Waals surface area contributed by atoms with E-state index in [9.17, 15) is 0 Å². The number of rotatable bonds is 2. The van der Waals surface area contributed by atoms with Crippen molar-refractivity contribution in [1.29, 1.82) is 5.26 Å². The minimum absolute atomic E-state index is 0.463. The molecule has 0 amide bonds. The van der Waals surface area contributed by atoms with Crippen LogP contribution in [0.5, 0.6) is 0 Å². The Hall–Kier alpha value is -1.25. The molecule has 15 heavy (non-hydrogen) atoms. The summed E-state index contributed by atoms with van der Waals surface area (Å²) in [5, 5.41) is 11.6. The molecule has 0 aromatic carbocycles. The lowest BCUT2D eigenvalue weighted by molar-refractivity contribution is 0.692. The van der Waals surface area contributed by atoms with Gasteiger partial charge in [-0.1, -0.05) is 12.2 Å². The van der Waals surface area contributed by atoms with Crippen LogP contribution in [0.25, 0.3) is 10.2 Å². The van der Waals surface area contributed by atoms with E-state index in [4.69, 9.17) is 17.5 Å². The summed E-state index contributed by atoms with van der Waals surface area (Å²) in [5.74, 6) is 0. The van der Waals surface area contributed by atoms with Gasteiger partial charge in [-0.2, -0.15) is 5.26 Å². The maximum Gasteiger partial charge on any atom is 0.128 e. The first-order valence-electron chi connectivity index (χ1n) is 4.54. The van der Waals surface area contributed by atoms with Gasteiger partial charge >= 0.3 is 0 Å². The summed E-state index contributed by atoms with van der Waals surface area (Å²) in [5.41, 5.74) is 1.17. The third-order valence-electron chi connectivity index (χ3n) is 2.21. The fraction of sp³-hybridized carbons (Fsp3) is 0.300. The molecule has 0 N–H and O–H groups in total. The number of fused-ring (bicyclic) bond motifs is 1. The van der Waals surface area contributed by atoms with E-state index in [2.05, 4.69) is 16.4 Å². The molecular weight excluding hydrogens is 226 g/mol. The first kappa shape index (κ1) is 10.3. The van der Waals surface area contributed by atoms with Gasteiger partial charge in [0.05, 0.1) is 18.8 Å². The monoisotopic (exact) mass is 235 g/mol. The largest absolute Gasteiger partial charge is 0.322 e. The summed E-state index contributed by atoms with van der Waals surface area (Å²) in [6.07, 6.45) is 2.18. The lowest BCUT2D eigenvalue weighted by atomic mass is 10.3. The van der Waals surface area contributed by atoms with Gasteiger partial charge in [0, 0.05) is 11.9 Å². The molecule has 0 bridgehead atoms. The molecule has 0 aliphatic rings. The highest BCUT2D eigenvalue weighted by molar-refractivity contribution is 7.71. The van der Waals surface area contributed by atoms with E-state index in [1.54, 1.807) is 17.7 Å². The van der Waals surface area contributed by atoms with Crippen molar-refractivity contribution in [1.82, 2.24) is 9.55 Å².